The molecule has 2 rings (SSSR count). The molecular weight excluding hydrogens is 374 g/mol. The number of hydrogen-bond acceptors (Lipinski definition) is 6. The van der Waals surface area contributed by atoms with E-state index < -0.39 is 18.0 Å². The molecule has 0 aromatic heterocycles. The fourth-order valence-electron chi connectivity index (χ4n) is 2.54. The minimum atomic E-state index is -1.01. The van der Waals surface area contributed by atoms with Crippen LogP contribution in [-0.2, 0) is 20.9 Å². The number of methoxy groups -OCH3 is 1. The molecule has 1 amide bonds. The van der Waals surface area contributed by atoms with Crippen LogP contribution in [0.5, 0.6) is 5.75 Å². The van der Waals surface area contributed by atoms with Crippen molar-refractivity contribution in [3.05, 3.63) is 59.2 Å². The Morgan fingerprint density at radius 1 is 1.03 bits per heavy atom. The molecule has 0 aliphatic rings. The summed E-state index contributed by atoms with van der Waals surface area (Å²) in [6, 6.07) is 11.3. The fraction of sp³-hybridized carbons (Fsp3) is 0.318. The zero-order valence-corrected chi connectivity index (χ0v) is 17.0. The number of esters is 1. The normalized spacial score (nSPS) is 11.4. The van der Waals surface area contributed by atoms with E-state index in [-0.39, 0.29) is 5.78 Å². The van der Waals surface area contributed by atoms with Gasteiger partial charge in [0, 0.05) is 23.4 Å². The average Bonchev–Trinajstić information content (AvgIpc) is 2.72. The molecule has 0 unspecified atom stereocenters. The summed E-state index contributed by atoms with van der Waals surface area (Å²) >= 11 is 0. The number of ether oxygens (including phenoxy) is 3. The molecule has 7 nitrogen and oxygen atoms in total. The second-order valence-electron chi connectivity index (χ2n) is 6.33. The number of nitrogens with one attached hydrogen (secondary N) is 1. The van der Waals surface area contributed by atoms with E-state index in [1.165, 1.54) is 21.0 Å². The number of carbonyl (C=O) groups is 3. The number of benzene rings is 2. The van der Waals surface area contributed by atoms with E-state index in [2.05, 4.69) is 5.32 Å². The van der Waals surface area contributed by atoms with Crippen molar-refractivity contribution in [1.29, 1.82) is 0 Å². The summed E-state index contributed by atoms with van der Waals surface area (Å²) in [5, 5.41) is 2.65. The van der Waals surface area contributed by atoms with Gasteiger partial charge in [0.2, 0.25) is 0 Å². The molecule has 0 saturated carbocycles. The highest BCUT2D eigenvalue weighted by Gasteiger charge is 2.20. The molecule has 0 saturated heterocycles. The Morgan fingerprint density at radius 3 is 2.28 bits per heavy atom. The van der Waals surface area contributed by atoms with E-state index in [9.17, 15) is 14.4 Å². The largest absolute Gasteiger partial charge is 0.496 e. The SMILES string of the molecule is CCOCc1cc(C(=O)O[C@@H](C)C(=O)Nc2ccc(C(C)=O)cc2)ccc1OC. The third kappa shape index (κ3) is 6.15. The third-order valence-electron chi connectivity index (χ3n) is 4.19. The molecule has 154 valence electrons. The van der Waals surface area contributed by atoms with Crippen LogP contribution in [0.4, 0.5) is 5.69 Å². The Labute approximate surface area is 170 Å². The molecule has 2 aromatic carbocycles. The first-order valence-corrected chi connectivity index (χ1v) is 9.23. The predicted octanol–water partition coefficient (Wildman–Crippen LogP) is 3.62. The first kappa shape index (κ1) is 22.1. The van der Waals surface area contributed by atoms with Crippen molar-refractivity contribution in [3.63, 3.8) is 0 Å². The number of Topliss-reactive ketones (excluding diaryl/α,β-unsaturated/α-hetero) is 1. The van der Waals surface area contributed by atoms with Gasteiger partial charge in [-0.3, -0.25) is 9.59 Å². The molecule has 0 heterocycles. The van der Waals surface area contributed by atoms with Crippen LogP contribution in [0.1, 0.15) is 47.1 Å². The third-order valence-corrected chi connectivity index (χ3v) is 4.19. The number of hydrogen-bond donors (Lipinski definition) is 1. The van der Waals surface area contributed by atoms with E-state index in [0.29, 0.717) is 41.3 Å². The van der Waals surface area contributed by atoms with Crippen molar-refractivity contribution in [2.24, 2.45) is 0 Å². The van der Waals surface area contributed by atoms with Gasteiger partial charge in [0.15, 0.2) is 11.9 Å². The first-order valence-electron chi connectivity index (χ1n) is 9.23. The molecule has 1 atom stereocenters. The Hall–Kier alpha value is -3.19. The molecule has 7 heteroatoms. The standard InChI is InChI=1S/C22H25NO6/c1-5-28-13-18-12-17(8-11-20(18)27-4)22(26)29-15(3)21(25)23-19-9-6-16(7-10-19)14(2)24/h6-12,15H,5,13H2,1-4H3,(H,23,25)/t15-/m0/s1. The van der Waals surface area contributed by atoms with Crippen molar-refractivity contribution < 1.29 is 28.6 Å². The maximum Gasteiger partial charge on any atom is 0.338 e. The van der Waals surface area contributed by atoms with Crippen molar-refractivity contribution in [3.8, 4) is 5.75 Å². The lowest BCUT2D eigenvalue weighted by atomic mass is 10.1. The van der Waals surface area contributed by atoms with E-state index >= 15 is 0 Å². The Balaban J connectivity index is 2.01. The fourth-order valence-corrected chi connectivity index (χ4v) is 2.54. The zero-order valence-electron chi connectivity index (χ0n) is 17.0. The molecule has 0 aliphatic carbocycles. The second kappa shape index (κ2) is 10.4. The zero-order chi connectivity index (χ0) is 21.4. The first-order chi connectivity index (χ1) is 13.8. The van der Waals surface area contributed by atoms with Gasteiger partial charge < -0.3 is 19.5 Å². The van der Waals surface area contributed by atoms with Crippen molar-refractivity contribution in [1.82, 2.24) is 0 Å². The van der Waals surface area contributed by atoms with Crippen LogP contribution < -0.4 is 10.1 Å². The Morgan fingerprint density at radius 2 is 1.69 bits per heavy atom. The molecule has 0 fully saturated rings. The lowest BCUT2D eigenvalue weighted by Gasteiger charge is -2.15. The topological polar surface area (TPSA) is 90.9 Å². The van der Waals surface area contributed by atoms with E-state index in [1.54, 1.807) is 42.5 Å². The van der Waals surface area contributed by atoms with Gasteiger partial charge in [0.05, 0.1) is 19.3 Å². The second-order valence-corrected chi connectivity index (χ2v) is 6.33. The van der Waals surface area contributed by atoms with Gasteiger partial charge in [-0.05, 0) is 63.2 Å². The van der Waals surface area contributed by atoms with Crippen LogP contribution in [0.3, 0.4) is 0 Å². The number of carbonyl (C=O) groups excluding carboxylic acids is 3. The average molecular weight is 399 g/mol. The van der Waals surface area contributed by atoms with Gasteiger partial charge in [-0.25, -0.2) is 4.79 Å². The number of amides is 1. The summed E-state index contributed by atoms with van der Waals surface area (Å²) in [5.74, 6) is -0.555. The van der Waals surface area contributed by atoms with Crippen LogP contribution in [0.2, 0.25) is 0 Å². The quantitative estimate of drug-likeness (QED) is 0.512. The molecular formula is C22H25NO6. The van der Waals surface area contributed by atoms with Crippen molar-refractivity contribution >= 4 is 23.3 Å². The summed E-state index contributed by atoms with van der Waals surface area (Å²) in [6.45, 7) is 5.66. The lowest BCUT2D eigenvalue weighted by Crippen LogP contribution is -2.30. The minimum absolute atomic E-state index is 0.0617. The number of anilines is 1. The summed E-state index contributed by atoms with van der Waals surface area (Å²) in [4.78, 5) is 36.1. The summed E-state index contributed by atoms with van der Waals surface area (Å²) in [5.41, 5.74) is 2.06. The van der Waals surface area contributed by atoms with E-state index in [0.717, 1.165) is 0 Å². The van der Waals surface area contributed by atoms with Gasteiger partial charge in [-0.2, -0.15) is 0 Å². The summed E-state index contributed by atoms with van der Waals surface area (Å²) in [7, 11) is 1.54. The number of rotatable bonds is 9. The maximum atomic E-state index is 12.4. The summed E-state index contributed by atoms with van der Waals surface area (Å²) < 4.78 is 15.9. The monoisotopic (exact) mass is 399 g/mol. The van der Waals surface area contributed by atoms with Crippen LogP contribution in [0, 0.1) is 0 Å². The maximum absolute atomic E-state index is 12.4. The van der Waals surface area contributed by atoms with Crippen LogP contribution in [0.25, 0.3) is 0 Å². The predicted molar refractivity (Wildman–Crippen MR) is 108 cm³/mol. The molecule has 0 bridgehead atoms. The van der Waals surface area contributed by atoms with Gasteiger partial charge in [0.25, 0.3) is 5.91 Å². The molecule has 0 radical (unpaired) electrons. The minimum Gasteiger partial charge on any atom is -0.496 e. The smallest absolute Gasteiger partial charge is 0.338 e. The molecule has 1 N–H and O–H groups in total. The van der Waals surface area contributed by atoms with Crippen LogP contribution in [0.15, 0.2) is 42.5 Å². The van der Waals surface area contributed by atoms with Gasteiger partial charge in [0.1, 0.15) is 5.75 Å². The van der Waals surface area contributed by atoms with Gasteiger partial charge in [-0.15, -0.1) is 0 Å². The highest BCUT2D eigenvalue weighted by Crippen LogP contribution is 2.22. The molecule has 29 heavy (non-hydrogen) atoms. The van der Waals surface area contributed by atoms with Crippen LogP contribution in [-0.4, -0.2) is 37.5 Å². The molecule has 0 spiro atoms. The molecule has 2 aromatic rings. The highest BCUT2D eigenvalue weighted by atomic mass is 16.5. The van der Waals surface area contributed by atoms with E-state index in [1.807, 2.05) is 6.92 Å². The van der Waals surface area contributed by atoms with Crippen LogP contribution >= 0.6 is 0 Å². The van der Waals surface area contributed by atoms with E-state index in [4.69, 9.17) is 14.2 Å². The number of ketones is 1. The Bertz CT molecular complexity index is 875. The van der Waals surface area contributed by atoms with Crippen molar-refractivity contribution in [2.75, 3.05) is 19.0 Å². The Kier molecular flexibility index (Phi) is 7.91. The summed E-state index contributed by atoms with van der Waals surface area (Å²) in [6.07, 6.45) is -1.01. The van der Waals surface area contributed by atoms with Gasteiger partial charge in [-0.1, -0.05) is 0 Å². The lowest BCUT2D eigenvalue weighted by molar-refractivity contribution is -0.123. The van der Waals surface area contributed by atoms with Crippen molar-refractivity contribution in [2.45, 2.75) is 33.5 Å². The molecule has 0 aliphatic heterocycles. The van der Waals surface area contributed by atoms with Gasteiger partial charge >= 0.3 is 5.97 Å². The highest BCUT2D eigenvalue weighted by molar-refractivity contribution is 5.98.